The van der Waals surface area contributed by atoms with E-state index in [1.807, 2.05) is 18.2 Å². The van der Waals surface area contributed by atoms with Crippen molar-refractivity contribution in [2.75, 3.05) is 26.2 Å². The maximum absolute atomic E-state index is 13.3. The normalized spacial score (nSPS) is 18.8. The minimum absolute atomic E-state index is 0.0403. The molecule has 2 aliphatic rings. The van der Waals surface area contributed by atoms with Gasteiger partial charge in [0.25, 0.3) is 5.91 Å². The highest BCUT2D eigenvalue weighted by Crippen LogP contribution is 2.30. The molecule has 2 aromatic rings. The average Bonchev–Trinajstić information content (AvgIpc) is 2.80. The number of piperidine rings is 2. The van der Waals surface area contributed by atoms with E-state index >= 15 is 0 Å². The van der Waals surface area contributed by atoms with Crippen LogP contribution in [0.1, 0.15) is 48.0 Å². The zero-order valence-corrected chi connectivity index (χ0v) is 19.2. The van der Waals surface area contributed by atoms with Crippen molar-refractivity contribution >= 4 is 27.5 Å². The highest BCUT2D eigenvalue weighted by Gasteiger charge is 2.32. The van der Waals surface area contributed by atoms with Crippen molar-refractivity contribution in [3.05, 3.63) is 64.7 Å². The summed E-state index contributed by atoms with van der Waals surface area (Å²) in [4.78, 5) is 14.7. The molecule has 31 heavy (non-hydrogen) atoms. The lowest BCUT2D eigenvalue weighted by molar-refractivity contribution is 0.0724. The summed E-state index contributed by atoms with van der Waals surface area (Å²) >= 11 is 6.30. The van der Waals surface area contributed by atoms with E-state index in [0.717, 1.165) is 51.6 Å². The zero-order chi connectivity index (χ0) is 21.8. The van der Waals surface area contributed by atoms with Gasteiger partial charge in [-0.25, -0.2) is 8.42 Å². The van der Waals surface area contributed by atoms with Crippen molar-refractivity contribution in [2.45, 2.75) is 43.4 Å². The summed E-state index contributed by atoms with van der Waals surface area (Å²) in [7, 11) is -3.75. The fourth-order valence-corrected chi connectivity index (χ4v) is 6.52. The lowest BCUT2D eigenvalue weighted by atomic mass is 9.91. The van der Waals surface area contributed by atoms with Crippen LogP contribution in [0.25, 0.3) is 0 Å². The Labute approximate surface area is 190 Å². The van der Waals surface area contributed by atoms with E-state index in [1.54, 1.807) is 11.0 Å². The van der Waals surface area contributed by atoms with Gasteiger partial charge in [-0.15, -0.1) is 0 Å². The van der Waals surface area contributed by atoms with Gasteiger partial charge in [0.1, 0.15) is 4.90 Å². The quantitative estimate of drug-likeness (QED) is 0.654. The first kappa shape index (κ1) is 22.3. The highest BCUT2D eigenvalue weighted by atomic mass is 35.5. The van der Waals surface area contributed by atoms with E-state index in [-0.39, 0.29) is 15.8 Å². The average molecular weight is 461 g/mol. The number of nitrogens with zero attached hydrogens (tertiary/aromatic N) is 2. The SMILES string of the molecule is O=C(c1ccc(Cl)c(S(=O)(=O)N2CCC(Cc3ccccc3)CC2)c1)N1CCCCC1. The Morgan fingerprint density at radius 3 is 2.29 bits per heavy atom. The van der Waals surface area contributed by atoms with Crippen molar-refractivity contribution in [1.29, 1.82) is 0 Å². The van der Waals surface area contributed by atoms with Crippen molar-refractivity contribution in [2.24, 2.45) is 5.92 Å². The smallest absolute Gasteiger partial charge is 0.253 e. The number of carbonyl (C=O) groups excluding carboxylic acids is 1. The number of carbonyl (C=O) groups is 1. The Morgan fingerprint density at radius 1 is 0.935 bits per heavy atom. The summed E-state index contributed by atoms with van der Waals surface area (Å²) in [6, 6.07) is 14.9. The molecule has 1 amide bonds. The van der Waals surface area contributed by atoms with Crippen LogP contribution in [0.15, 0.2) is 53.4 Å². The summed E-state index contributed by atoms with van der Waals surface area (Å²) in [5.74, 6) is 0.353. The standard InChI is InChI=1S/C24H29ClN2O3S/c25-22-10-9-21(24(28)26-13-5-2-6-14-26)18-23(22)31(29,30)27-15-11-20(12-16-27)17-19-7-3-1-4-8-19/h1,3-4,7-10,18,20H,2,5-6,11-17H2. The summed E-state index contributed by atoms with van der Waals surface area (Å²) in [5, 5.41) is 0.168. The van der Waals surface area contributed by atoms with E-state index in [4.69, 9.17) is 11.6 Å². The molecule has 0 saturated carbocycles. The molecule has 2 saturated heterocycles. The van der Waals surface area contributed by atoms with Gasteiger partial charge in [-0.1, -0.05) is 41.9 Å². The molecule has 4 rings (SSSR count). The minimum atomic E-state index is -3.75. The zero-order valence-electron chi connectivity index (χ0n) is 17.7. The molecule has 0 unspecified atom stereocenters. The van der Waals surface area contributed by atoms with E-state index in [0.29, 0.717) is 24.6 Å². The summed E-state index contributed by atoms with van der Waals surface area (Å²) in [6.45, 7) is 2.39. The predicted octanol–water partition coefficient (Wildman–Crippen LogP) is 4.61. The van der Waals surface area contributed by atoms with E-state index in [9.17, 15) is 13.2 Å². The Morgan fingerprint density at radius 2 is 1.61 bits per heavy atom. The number of benzene rings is 2. The first-order valence-electron chi connectivity index (χ1n) is 11.1. The molecule has 0 N–H and O–H groups in total. The van der Waals surface area contributed by atoms with E-state index in [2.05, 4.69) is 12.1 Å². The third-order valence-electron chi connectivity index (χ3n) is 6.38. The molecule has 0 bridgehead atoms. The Hall–Kier alpha value is -1.89. The number of rotatable bonds is 5. The number of hydrogen-bond acceptors (Lipinski definition) is 3. The first-order valence-corrected chi connectivity index (χ1v) is 12.9. The highest BCUT2D eigenvalue weighted by molar-refractivity contribution is 7.89. The third kappa shape index (κ3) is 5.13. The van der Waals surface area contributed by atoms with Crippen LogP contribution in [0.3, 0.4) is 0 Å². The summed E-state index contributed by atoms with van der Waals surface area (Å²) < 4.78 is 28.2. The van der Waals surface area contributed by atoms with Crippen molar-refractivity contribution in [3.63, 3.8) is 0 Å². The van der Waals surface area contributed by atoms with E-state index < -0.39 is 10.0 Å². The lowest BCUT2D eigenvalue weighted by Crippen LogP contribution is -2.39. The van der Waals surface area contributed by atoms with Crippen molar-refractivity contribution in [1.82, 2.24) is 9.21 Å². The topological polar surface area (TPSA) is 57.7 Å². The van der Waals surface area contributed by atoms with Crippen LogP contribution in [-0.4, -0.2) is 49.7 Å². The second-order valence-corrected chi connectivity index (χ2v) is 10.8. The van der Waals surface area contributed by atoms with Crippen molar-refractivity contribution in [3.8, 4) is 0 Å². The number of hydrogen-bond donors (Lipinski definition) is 0. The molecule has 0 spiro atoms. The van der Waals surface area contributed by atoms with Gasteiger partial charge in [0.15, 0.2) is 0 Å². The monoisotopic (exact) mass is 460 g/mol. The number of amides is 1. The third-order valence-corrected chi connectivity index (χ3v) is 8.76. The van der Waals surface area contributed by atoms with Gasteiger partial charge in [-0.3, -0.25) is 4.79 Å². The fourth-order valence-electron chi connectivity index (χ4n) is 4.55. The Balaban J connectivity index is 1.46. The molecule has 2 aliphatic heterocycles. The summed E-state index contributed by atoms with van der Waals surface area (Å²) in [5.41, 5.74) is 1.68. The Kier molecular flexibility index (Phi) is 6.99. The van der Waals surface area contributed by atoms with Gasteiger partial charge in [0, 0.05) is 31.7 Å². The molecule has 2 fully saturated rings. The lowest BCUT2D eigenvalue weighted by Gasteiger charge is -2.31. The van der Waals surface area contributed by atoms with Gasteiger partial charge in [0.05, 0.1) is 5.02 Å². The molecule has 7 heteroatoms. The second-order valence-electron chi connectivity index (χ2n) is 8.54. The molecule has 5 nitrogen and oxygen atoms in total. The van der Waals surface area contributed by atoms with Gasteiger partial charge in [-0.2, -0.15) is 4.31 Å². The molecule has 0 atom stereocenters. The summed E-state index contributed by atoms with van der Waals surface area (Å²) in [6.07, 6.45) is 5.71. The second kappa shape index (κ2) is 9.72. The predicted molar refractivity (Wildman–Crippen MR) is 123 cm³/mol. The van der Waals surface area contributed by atoms with Crippen LogP contribution in [0.2, 0.25) is 5.02 Å². The van der Waals surface area contributed by atoms with Crippen LogP contribution in [0.5, 0.6) is 0 Å². The van der Waals surface area contributed by atoms with Crippen LogP contribution < -0.4 is 0 Å². The van der Waals surface area contributed by atoms with Gasteiger partial charge in [-0.05, 0) is 68.2 Å². The van der Waals surface area contributed by atoms with E-state index in [1.165, 1.54) is 22.0 Å². The largest absolute Gasteiger partial charge is 0.339 e. The van der Waals surface area contributed by atoms with Crippen LogP contribution in [-0.2, 0) is 16.4 Å². The van der Waals surface area contributed by atoms with Gasteiger partial charge < -0.3 is 4.90 Å². The molecule has 0 radical (unpaired) electrons. The van der Waals surface area contributed by atoms with Gasteiger partial charge >= 0.3 is 0 Å². The van der Waals surface area contributed by atoms with Gasteiger partial charge in [0.2, 0.25) is 10.0 Å². The Bertz CT molecular complexity index is 1010. The molecular weight excluding hydrogens is 432 g/mol. The molecule has 2 heterocycles. The van der Waals surface area contributed by atoms with Crippen LogP contribution >= 0.6 is 11.6 Å². The number of halogens is 1. The minimum Gasteiger partial charge on any atom is -0.339 e. The van der Waals surface area contributed by atoms with Crippen molar-refractivity contribution < 1.29 is 13.2 Å². The number of likely N-dealkylation sites (tertiary alicyclic amines) is 1. The molecule has 2 aromatic carbocycles. The number of sulfonamides is 1. The molecule has 0 aromatic heterocycles. The maximum atomic E-state index is 13.3. The van der Waals surface area contributed by atoms with Crippen LogP contribution in [0, 0.1) is 5.92 Å². The van der Waals surface area contributed by atoms with Crippen LogP contribution in [0.4, 0.5) is 0 Å². The first-order chi connectivity index (χ1) is 14.9. The molecular formula is C24H29ClN2O3S. The maximum Gasteiger partial charge on any atom is 0.253 e. The molecule has 0 aliphatic carbocycles. The molecule has 166 valence electrons. The fraction of sp³-hybridized carbons (Fsp3) is 0.458.